The lowest BCUT2D eigenvalue weighted by Gasteiger charge is -2.06. The lowest BCUT2D eigenvalue weighted by atomic mass is 10.0. The Hall–Kier alpha value is -2.55. The number of benzene rings is 2. The summed E-state index contributed by atoms with van der Waals surface area (Å²) in [5.41, 5.74) is 3.99. The van der Waals surface area contributed by atoms with Gasteiger partial charge in [0.05, 0.1) is 14.2 Å². The van der Waals surface area contributed by atoms with E-state index in [1.165, 1.54) is 11.1 Å². The van der Waals surface area contributed by atoms with E-state index in [1.807, 2.05) is 18.2 Å². The number of ether oxygens (including phenoxy) is 2. The fourth-order valence-corrected chi connectivity index (χ4v) is 2.09. The van der Waals surface area contributed by atoms with Crippen LogP contribution in [0.1, 0.15) is 27.0 Å². The predicted octanol–water partition coefficient (Wildman–Crippen LogP) is 4.22. The Morgan fingerprint density at radius 3 is 2.09 bits per heavy atom. The third-order valence-corrected chi connectivity index (χ3v) is 3.59. The van der Waals surface area contributed by atoms with Gasteiger partial charge >= 0.3 is 0 Å². The number of carbonyl (C=O) groups excluding carboxylic acids is 1. The molecule has 0 heterocycles. The molecule has 114 valence electrons. The van der Waals surface area contributed by atoms with E-state index in [-0.39, 0.29) is 5.78 Å². The lowest BCUT2D eigenvalue weighted by Crippen LogP contribution is -1.97. The standard InChI is InChI=1S/C19H20O3/c1-13-5-6-15(9-14(13)2)7-8-19(20)16-10-17(21-3)12-18(11-16)22-4/h5-12H,1-4H3/b8-7+. The van der Waals surface area contributed by atoms with Gasteiger partial charge < -0.3 is 9.47 Å². The fourth-order valence-electron chi connectivity index (χ4n) is 2.09. The van der Waals surface area contributed by atoms with Gasteiger partial charge in [0.2, 0.25) is 0 Å². The summed E-state index contributed by atoms with van der Waals surface area (Å²) >= 11 is 0. The zero-order valence-corrected chi connectivity index (χ0v) is 13.3. The van der Waals surface area contributed by atoms with Crippen molar-refractivity contribution < 1.29 is 14.3 Å². The van der Waals surface area contributed by atoms with Gasteiger partial charge in [0.1, 0.15) is 11.5 Å². The van der Waals surface area contributed by atoms with Gasteiger partial charge in [-0.1, -0.05) is 24.3 Å². The van der Waals surface area contributed by atoms with Gasteiger partial charge in [0.15, 0.2) is 5.78 Å². The summed E-state index contributed by atoms with van der Waals surface area (Å²) in [6, 6.07) is 11.3. The van der Waals surface area contributed by atoms with Crippen molar-refractivity contribution in [3.8, 4) is 11.5 Å². The summed E-state index contributed by atoms with van der Waals surface area (Å²) in [5, 5.41) is 0. The first-order chi connectivity index (χ1) is 10.5. The van der Waals surface area contributed by atoms with Crippen molar-refractivity contribution in [1.82, 2.24) is 0 Å². The maximum absolute atomic E-state index is 12.3. The number of carbonyl (C=O) groups is 1. The molecule has 0 unspecified atom stereocenters. The van der Waals surface area contributed by atoms with Crippen LogP contribution in [0.5, 0.6) is 11.5 Å². The molecule has 0 atom stereocenters. The summed E-state index contributed by atoms with van der Waals surface area (Å²) in [4.78, 5) is 12.3. The summed E-state index contributed by atoms with van der Waals surface area (Å²) < 4.78 is 10.4. The van der Waals surface area contributed by atoms with E-state index in [2.05, 4.69) is 19.9 Å². The van der Waals surface area contributed by atoms with Gasteiger partial charge in [-0.25, -0.2) is 0 Å². The Kier molecular flexibility index (Phi) is 4.99. The quantitative estimate of drug-likeness (QED) is 0.612. The van der Waals surface area contributed by atoms with E-state index >= 15 is 0 Å². The second-order valence-corrected chi connectivity index (χ2v) is 5.14. The number of aryl methyl sites for hydroxylation is 2. The van der Waals surface area contributed by atoms with E-state index in [0.29, 0.717) is 17.1 Å². The minimum absolute atomic E-state index is 0.0876. The number of hydrogen-bond donors (Lipinski definition) is 0. The van der Waals surface area contributed by atoms with E-state index < -0.39 is 0 Å². The van der Waals surface area contributed by atoms with Crippen LogP contribution in [0.2, 0.25) is 0 Å². The molecule has 0 spiro atoms. The van der Waals surface area contributed by atoms with Crippen LogP contribution in [0.25, 0.3) is 6.08 Å². The molecule has 0 aliphatic carbocycles. The summed E-state index contributed by atoms with van der Waals surface area (Å²) in [6.07, 6.45) is 3.39. The summed E-state index contributed by atoms with van der Waals surface area (Å²) in [6.45, 7) is 4.12. The van der Waals surface area contributed by atoms with Crippen LogP contribution in [-0.4, -0.2) is 20.0 Å². The monoisotopic (exact) mass is 296 g/mol. The Morgan fingerprint density at radius 2 is 1.55 bits per heavy atom. The topological polar surface area (TPSA) is 35.5 Å². The van der Waals surface area contributed by atoms with Gasteiger partial charge in [-0.2, -0.15) is 0 Å². The largest absolute Gasteiger partial charge is 0.497 e. The maximum Gasteiger partial charge on any atom is 0.186 e. The van der Waals surface area contributed by atoms with Crippen LogP contribution < -0.4 is 9.47 Å². The van der Waals surface area contributed by atoms with Crippen LogP contribution >= 0.6 is 0 Å². The van der Waals surface area contributed by atoms with E-state index in [9.17, 15) is 4.79 Å². The molecule has 0 amide bonds. The fraction of sp³-hybridized carbons (Fsp3) is 0.211. The van der Waals surface area contributed by atoms with Gasteiger partial charge in [-0.15, -0.1) is 0 Å². The minimum Gasteiger partial charge on any atom is -0.497 e. The van der Waals surface area contributed by atoms with Crippen molar-refractivity contribution in [2.45, 2.75) is 13.8 Å². The van der Waals surface area contributed by atoms with Crippen LogP contribution in [0.15, 0.2) is 42.5 Å². The zero-order chi connectivity index (χ0) is 16.1. The molecule has 0 saturated heterocycles. The van der Waals surface area contributed by atoms with Crippen LogP contribution in [0.3, 0.4) is 0 Å². The molecule has 3 nitrogen and oxygen atoms in total. The first-order valence-corrected chi connectivity index (χ1v) is 7.06. The van der Waals surface area contributed by atoms with E-state index in [4.69, 9.17) is 9.47 Å². The molecule has 0 radical (unpaired) electrons. The highest BCUT2D eigenvalue weighted by Crippen LogP contribution is 2.23. The summed E-state index contributed by atoms with van der Waals surface area (Å²) in [7, 11) is 3.13. The Morgan fingerprint density at radius 1 is 0.909 bits per heavy atom. The molecule has 0 saturated carbocycles. The highest BCUT2D eigenvalue weighted by atomic mass is 16.5. The maximum atomic E-state index is 12.3. The average Bonchev–Trinajstić information content (AvgIpc) is 2.55. The highest BCUT2D eigenvalue weighted by Gasteiger charge is 2.07. The van der Waals surface area contributed by atoms with Gasteiger partial charge in [-0.3, -0.25) is 4.79 Å². The number of rotatable bonds is 5. The van der Waals surface area contributed by atoms with Crippen molar-refractivity contribution >= 4 is 11.9 Å². The predicted molar refractivity (Wildman–Crippen MR) is 88.8 cm³/mol. The number of hydrogen-bond acceptors (Lipinski definition) is 3. The second kappa shape index (κ2) is 6.94. The Bertz CT molecular complexity index is 692. The Balaban J connectivity index is 2.24. The molecule has 0 aliphatic heterocycles. The Labute approximate surface area is 131 Å². The highest BCUT2D eigenvalue weighted by molar-refractivity contribution is 6.07. The van der Waals surface area contributed by atoms with Crippen molar-refractivity contribution in [2.75, 3.05) is 14.2 Å². The smallest absolute Gasteiger partial charge is 0.186 e. The van der Waals surface area contributed by atoms with Gasteiger partial charge in [0.25, 0.3) is 0 Å². The SMILES string of the molecule is COc1cc(OC)cc(C(=O)/C=C/c2ccc(C)c(C)c2)c1. The van der Waals surface area contributed by atoms with Crippen LogP contribution in [-0.2, 0) is 0 Å². The minimum atomic E-state index is -0.0876. The first-order valence-electron chi connectivity index (χ1n) is 7.06. The van der Waals surface area contributed by atoms with Crippen molar-refractivity contribution in [3.05, 3.63) is 64.7 Å². The molecule has 2 aromatic rings. The molecule has 0 aliphatic rings. The van der Waals surface area contributed by atoms with Crippen molar-refractivity contribution in [2.24, 2.45) is 0 Å². The third-order valence-electron chi connectivity index (χ3n) is 3.59. The van der Waals surface area contributed by atoms with E-state index in [0.717, 1.165) is 5.56 Å². The van der Waals surface area contributed by atoms with Crippen molar-refractivity contribution in [1.29, 1.82) is 0 Å². The molecule has 0 N–H and O–H groups in total. The molecule has 2 rings (SSSR count). The normalized spacial score (nSPS) is 10.7. The molecule has 2 aromatic carbocycles. The molecule has 0 fully saturated rings. The molecular formula is C19H20O3. The van der Waals surface area contributed by atoms with Crippen LogP contribution in [0.4, 0.5) is 0 Å². The average molecular weight is 296 g/mol. The molecular weight excluding hydrogens is 276 g/mol. The molecule has 22 heavy (non-hydrogen) atoms. The molecule has 0 aromatic heterocycles. The third kappa shape index (κ3) is 3.76. The van der Waals surface area contributed by atoms with Crippen LogP contribution in [0, 0.1) is 13.8 Å². The first kappa shape index (κ1) is 15.8. The second-order valence-electron chi connectivity index (χ2n) is 5.14. The zero-order valence-electron chi connectivity index (χ0n) is 13.3. The number of allylic oxidation sites excluding steroid dienone is 1. The lowest BCUT2D eigenvalue weighted by molar-refractivity contribution is 0.104. The van der Waals surface area contributed by atoms with Gasteiger partial charge in [-0.05, 0) is 48.7 Å². The number of ketones is 1. The summed E-state index contributed by atoms with van der Waals surface area (Å²) in [5.74, 6) is 1.11. The number of methoxy groups -OCH3 is 2. The van der Waals surface area contributed by atoms with Gasteiger partial charge in [0, 0.05) is 11.6 Å². The molecule has 3 heteroatoms. The van der Waals surface area contributed by atoms with E-state index in [1.54, 1.807) is 38.5 Å². The molecule has 0 bridgehead atoms. The van der Waals surface area contributed by atoms with Crippen molar-refractivity contribution in [3.63, 3.8) is 0 Å².